The van der Waals surface area contributed by atoms with E-state index in [1.165, 1.54) is 17.2 Å². The highest BCUT2D eigenvalue weighted by Crippen LogP contribution is 2.23. The highest BCUT2D eigenvalue weighted by Gasteiger charge is 2.06. The van der Waals surface area contributed by atoms with Gasteiger partial charge in [0.25, 0.3) is 0 Å². The molecule has 0 amide bonds. The van der Waals surface area contributed by atoms with Crippen molar-refractivity contribution in [3.63, 3.8) is 0 Å². The Hall–Kier alpha value is -1.54. The number of rotatable bonds is 4. The summed E-state index contributed by atoms with van der Waals surface area (Å²) in [6, 6.07) is 10.8. The molecule has 0 aliphatic heterocycles. The Kier molecular flexibility index (Phi) is 4.43. The van der Waals surface area contributed by atoms with Crippen molar-refractivity contribution in [2.45, 2.75) is 26.8 Å². The highest BCUT2D eigenvalue weighted by atomic mass is 35.5. The molecule has 2 aromatic rings. The molecule has 0 fully saturated rings. The largest absolute Gasteiger partial charge is 0.380 e. The number of nitrogens with one attached hydrogen (secondary N) is 1. The zero-order chi connectivity index (χ0) is 13.8. The third kappa shape index (κ3) is 3.27. The van der Waals surface area contributed by atoms with Gasteiger partial charge < -0.3 is 5.32 Å². The molecule has 100 valence electrons. The van der Waals surface area contributed by atoms with E-state index in [-0.39, 0.29) is 5.82 Å². The van der Waals surface area contributed by atoms with Gasteiger partial charge in [0.1, 0.15) is 5.82 Å². The molecule has 0 aromatic heterocycles. The van der Waals surface area contributed by atoms with Gasteiger partial charge in [0.05, 0.1) is 0 Å². The summed E-state index contributed by atoms with van der Waals surface area (Å²) in [5, 5.41) is 3.87. The molecule has 2 aromatic carbocycles. The lowest BCUT2D eigenvalue weighted by Crippen LogP contribution is -2.05. The molecule has 0 atom stereocenters. The van der Waals surface area contributed by atoms with Gasteiger partial charge in [-0.1, -0.05) is 36.7 Å². The van der Waals surface area contributed by atoms with E-state index in [2.05, 4.69) is 31.3 Å². The van der Waals surface area contributed by atoms with Crippen LogP contribution in [0.3, 0.4) is 0 Å². The Bertz CT molecular complexity index is 581. The zero-order valence-electron chi connectivity index (χ0n) is 11.1. The van der Waals surface area contributed by atoms with Crippen molar-refractivity contribution in [2.24, 2.45) is 0 Å². The van der Waals surface area contributed by atoms with Crippen LogP contribution in [0.4, 0.5) is 10.1 Å². The first-order chi connectivity index (χ1) is 9.11. The van der Waals surface area contributed by atoms with E-state index in [1.807, 2.05) is 6.07 Å². The topological polar surface area (TPSA) is 12.0 Å². The fourth-order valence-corrected chi connectivity index (χ4v) is 2.33. The van der Waals surface area contributed by atoms with Gasteiger partial charge in [-0.05, 0) is 42.7 Å². The molecular formula is C16H17ClFN. The molecule has 0 bridgehead atoms. The fourth-order valence-electron chi connectivity index (χ4n) is 2.14. The maximum absolute atomic E-state index is 13.7. The van der Waals surface area contributed by atoms with Crippen molar-refractivity contribution >= 4 is 17.3 Å². The quantitative estimate of drug-likeness (QED) is 0.833. The Morgan fingerprint density at radius 2 is 1.95 bits per heavy atom. The summed E-state index contributed by atoms with van der Waals surface area (Å²) in [6.07, 6.45) is 0.946. The summed E-state index contributed by atoms with van der Waals surface area (Å²) in [5.74, 6) is -0.233. The molecule has 0 radical (unpaired) electrons. The lowest BCUT2D eigenvalue weighted by Gasteiger charge is -2.14. The molecule has 19 heavy (non-hydrogen) atoms. The van der Waals surface area contributed by atoms with Crippen LogP contribution in [0.1, 0.15) is 23.6 Å². The maximum atomic E-state index is 13.7. The molecule has 0 aliphatic carbocycles. The molecule has 1 nitrogen and oxygen atoms in total. The molecule has 1 N–H and O–H groups in total. The van der Waals surface area contributed by atoms with E-state index < -0.39 is 0 Å². The van der Waals surface area contributed by atoms with Crippen LogP contribution in [0.5, 0.6) is 0 Å². The molecule has 3 heteroatoms. The SMILES string of the molecule is CCc1cccc(C)c1NCc1cc(Cl)ccc1F. The third-order valence-electron chi connectivity index (χ3n) is 3.20. The van der Waals surface area contributed by atoms with Crippen LogP contribution in [0, 0.1) is 12.7 Å². The van der Waals surface area contributed by atoms with E-state index in [0.29, 0.717) is 17.1 Å². The van der Waals surface area contributed by atoms with Crippen LogP contribution >= 0.6 is 11.6 Å². The second-order valence-electron chi connectivity index (χ2n) is 4.55. The van der Waals surface area contributed by atoms with E-state index in [9.17, 15) is 4.39 Å². The Morgan fingerprint density at radius 3 is 2.68 bits per heavy atom. The standard InChI is InChI=1S/C16H17ClFN/c1-3-12-6-4-5-11(2)16(12)19-10-13-9-14(17)7-8-15(13)18/h4-9,19H,3,10H2,1-2H3. The number of hydrogen-bond donors (Lipinski definition) is 1. The molecule has 0 aliphatic rings. The first-order valence-corrected chi connectivity index (χ1v) is 6.76. The lowest BCUT2D eigenvalue weighted by atomic mass is 10.1. The number of aryl methyl sites for hydroxylation is 2. The van der Waals surface area contributed by atoms with Gasteiger partial charge in [0, 0.05) is 22.8 Å². The molecular weight excluding hydrogens is 261 g/mol. The van der Waals surface area contributed by atoms with Crippen LogP contribution in [-0.4, -0.2) is 0 Å². The van der Waals surface area contributed by atoms with Gasteiger partial charge in [0.15, 0.2) is 0 Å². The summed E-state index contributed by atoms with van der Waals surface area (Å²) < 4.78 is 13.7. The molecule has 0 saturated carbocycles. The van der Waals surface area contributed by atoms with Crippen LogP contribution < -0.4 is 5.32 Å². The highest BCUT2D eigenvalue weighted by molar-refractivity contribution is 6.30. The molecule has 2 rings (SSSR count). The average molecular weight is 278 g/mol. The van der Waals surface area contributed by atoms with Gasteiger partial charge in [-0.3, -0.25) is 0 Å². The number of anilines is 1. The summed E-state index contributed by atoms with van der Waals surface area (Å²) >= 11 is 5.89. The third-order valence-corrected chi connectivity index (χ3v) is 3.44. The zero-order valence-corrected chi connectivity index (χ0v) is 11.9. The number of para-hydroxylation sites is 1. The van der Waals surface area contributed by atoms with Gasteiger partial charge in [-0.15, -0.1) is 0 Å². The smallest absolute Gasteiger partial charge is 0.128 e. The van der Waals surface area contributed by atoms with Crippen LogP contribution in [0.25, 0.3) is 0 Å². The monoisotopic (exact) mass is 277 g/mol. The van der Waals surface area contributed by atoms with Gasteiger partial charge >= 0.3 is 0 Å². The van der Waals surface area contributed by atoms with Crippen LogP contribution in [0.15, 0.2) is 36.4 Å². The van der Waals surface area contributed by atoms with Crippen molar-refractivity contribution in [1.82, 2.24) is 0 Å². The summed E-state index contributed by atoms with van der Waals surface area (Å²) in [4.78, 5) is 0. The summed E-state index contributed by atoms with van der Waals surface area (Å²) in [6.45, 7) is 4.60. The minimum atomic E-state index is -0.233. The predicted octanol–water partition coefficient (Wildman–Crippen LogP) is 4.96. The summed E-state index contributed by atoms with van der Waals surface area (Å²) in [7, 11) is 0. The minimum absolute atomic E-state index is 0.233. The van der Waals surface area contributed by atoms with E-state index in [4.69, 9.17) is 11.6 Å². The minimum Gasteiger partial charge on any atom is -0.380 e. The molecule has 0 unspecified atom stereocenters. The first kappa shape index (κ1) is 13.9. The van der Waals surface area contributed by atoms with Crippen molar-refractivity contribution in [1.29, 1.82) is 0 Å². The van der Waals surface area contributed by atoms with Crippen molar-refractivity contribution < 1.29 is 4.39 Å². The Morgan fingerprint density at radius 1 is 1.16 bits per heavy atom. The normalized spacial score (nSPS) is 10.5. The van der Waals surface area contributed by atoms with E-state index in [1.54, 1.807) is 12.1 Å². The second-order valence-corrected chi connectivity index (χ2v) is 4.99. The fraction of sp³-hybridized carbons (Fsp3) is 0.250. The van der Waals surface area contributed by atoms with Crippen molar-refractivity contribution in [2.75, 3.05) is 5.32 Å². The number of benzene rings is 2. The number of hydrogen-bond acceptors (Lipinski definition) is 1. The maximum Gasteiger partial charge on any atom is 0.128 e. The second kappa shape index (κ2) is 6.07. The average Bonchev–Trinajstić information content (AvgIpc) is 2.40. The van der Waals surface area contributed by atoms with Crippen LogP contribution in [0.2, 0.25) is 5.02 Å². The Labute approximate surface area is 118 Å². The van der Waals surface area contributed by atoms with Gasteiger partial charge in [0.2, 0.25) is 0 Å². The molecule has 0 heterocycles. The van der Waals surface area contributed by atoms with Crippen molar-refractivity contribution in [3.8, 4) is 0 Å². The summed E-state index contributed by atoms with van der Waals surface area (Å²) in [5.41, 5.74) is 4.08. The van der Waals surface area contributed by atoms with Crippen LogP contribution in [-0.2, 0) is 13.0 Å². The van der Waals surface area contributed by atoms with Gasteiger partial charge in [-0.2, -0.15) is 0 Å². The van der Waals surface area contributed by atoms with E-state index >= 15 is 0 Å². The number of halogens is 2. The van der Waals surface area contributed by atoms with Crippen molar-refractivity contribution in [3.05, 3.63) is 63.9 Å². The Balaban J connectivity index is 2.21. The molecule has 0 spiro atoms. The first-order valence-electron chi connectivity index (χ1n) is 6.38. The predicted molar refractivity (Wildman–Crippen MR) is 79.3 cm³/mol. The molecule has 0 saturated heterocycles. The van der Waals surface area contributed by atoms with Gasteiger partial charge in [-0.25, -0.2) is 4.39 Å². The lowest BCUT2D eigenvalue weighted by molar-refractivity contribution is 0.613. The van der Waals surface area contributed by atoms with E-state index in [0.717, 1.165) is 12.1 Å².